The number of halogens is 2. The standard InChI is InChI=1S/C13H10ClFN2O3S/c14-12-10(17(19)20)7-11(21-12)13(18)16-6-5-8-3-1-2-4-9(8)15/h1-4,7H,5-6H2,(H,16,18). The highest BCUT2D eigenvalue weighted by Crippen LogP contribution is 2.33. The first-order chi connectivity index (χ1) is 9.99. The van der Waals surface area contributed by atoms with E-state index in [0.29, 0.717) is 12.0 Å². The van der Waals surface area contributed by atoms with Crippen LogP contribution < -0.4 is 5.32 Å². The molecule has 0 saturated heterocycles. The minimum absolute atomic E-state index is 0.0424. The van der Waals surface area contributed by atoms with Crippen LogP contribution >= 0.6 is 22.9 Å². The molecule has 8 heteroatoms. The van der Waals surface area contributed by atoms with Crippen molar-refractivity contribution in [1.82, 2.24) is 5.32 Å². The molecule has 1 aromatic carbocycles. The highest BCUT2D eigenvalue weighted by Gasteiger charge is 2.20. The maximum Gasteiger partial charge on any atom is 0.299 e. The van der Waals surface area contributed by atoms with Crippen LogP contribution in [0, 0.1) is 15.9 Å². The topological polar surface area (TPSA) is 72.2 Å². The smallest absolute Gasteiger partial charge is 0.299 e. The van der Waals surface area contributed by atoms with Crippen molar-refractivity contribution in [1.29, 1.82) is 0 Å². The second-order valence-electron chi connectivity index (χ2n) is 4.12. The Balaban J connectivity index is 1.95. The summed E-state index contributed by atoms with van der Waals surface area (Å²) in [6.45, 7) is 0.225. The van der Waals surface area contributed by atoms with Gasteiger partial charge in [0, 0.05) is 12.6 Å². The molecule has 2 aromatic rings. The summed E-state index contributed by atoms with van der Waals surface area (Å²) in [4.78, 5) is 22.0. The van der Waals surface area contributed by atoms with Crippen molar-refractivity contribution in [3.05, 3.63) is 61.0 Å². The zero-order chi connectivity index (χ0) is 15.4. The molecule has 0 atom stereocenters. The van der Waals surface area contributed by atoms with E-state index in [1.165, 1.54) is 6.07 Å². The van der Waals surface area contributed by atoms with Crippen molar-refractivity contribution in [2.24, 2.45) is 0 Å². The maximum absolute atomic E-state index is 13.4. The Morgan fingerprint density at radius 1 is 1.43 bits per heavy atom. The number of thiophene rings is 1. The highest BCUT2D eigenvalue weighted by molar-refractivity contribution is 7.18. The summed E-state index contributed by atoms with van der Waals surface area (Å²) >= 11 is 6.52. The fourth-order valence-corrected chi connectivity index (χ4v) is 2.83. The Hall–Kier alpha value is -1.99. The first kappa shape index (κ1) is 15.4. The van der Waals surface area contributed by atoms with Gasteiger partial charge in [-0.15, -0.1) is 11.3 Å². The van der Waals surface area contributed by atoms with Crippen LogP contribution in [0.2, 0.25) is 4.34 Å². The Morgan fingerprint density at radius 3 is 2.76 bits per heavy atom. The number of rotatable bonds is 5. The molecule has 0 aliphatic rings. The van der Waals surface area contributed by atoms with Crippen LogP contribution in [0.15, 0.2) is 30.3 Å². The quantitative estimate of drug-likeness (QED) is 0.675. The normalized spacial score (nSPS) is 10.4. The number of hydrogen-bond donors (Lipinski definition) is 1. The summed E-state index contributed by atoms with van der Waals surface area (Å²) in [6.07, 6.45) is 0.333. The van der Waals surface area contributed by atoms with E-state index in [-0.39, 0.29) is 27.3 Å². The second-order valence-corrected chi connectivity index (χ2v) is 5.78. The van der Waals surface area contributed by atoms with Gasteiger partial charge in [-0.05, 0) is 18.1 Å². The Kier molecular flexibility index (Phi) is 4.87. The molecule has 0 aliphatic heterocycles. The molecule has 0 bridgehead atoms. The summed E-state index contributed by atoms with van der Waals surface area (Å²) in [6, 6.07) is 7.41. The van der Waals surface area contributed by atoms with Crippen molar-refractivity contribution in [3.8, 4) is 0 Å². The predicted octanol–water partition coefficient (Wildman–Crippen LogP) is 3.42. The van der Waals surface area contributed by atoms with Gasteiger partial charge in [0.15, 0.2) is 4.34 Å². The summed E-state index contributed by atoms with van der Waals surface area (Å²) in [7, 11) is 0. The molecule has 1 N–H and O–H groups in total. The summed E-state index contributed by atoms with van der Waals surface area (Å²) in [5, 5.41) is 13.2. The molecular formula is C13H10ClFN2O3S. The zero-order valence-electron chi connectivity index (χ0n) is 10.6. The van der Waals surface area contributed by atoms with Gasteiger partial charge in [-0.1, -0.05) is 29.8 Å². The highest BCUT2D eigenvalue weighted by atomic mass is 35.5. The average Bonchev–Trinajstić information content (AvgIpc) is 2.83. The summed E-state index contributed by atoms with van der Waals surface area (Å²) in [5.74, 6) is -0.798. The lowest BCUT2D eigenvalue weighted by Gasteiger charge is -2.04. The number of carbonyl (C=O) groups excluding carboxylic acids is 1. The van der Waals surface area contributed by atoms with Gasteiger partial charge in [-0.25, -0.2) is 4.39 Å². The fourth-order valence-electron chi connectivity index (χ4n) is 1.69. The lowest BCUT2D eigenvalue weighted by Crippen LogP contribution is -2.25. The van der Waals surface area contributed by atoms with Crippen LogP contribution in [0.3, 0.4) is 0 Å². The monoisotopic (exact) mass is 328 g/mol. The molecule has 1 heterocycles. The maximum atomic E-state index is 13.4. The number of amides is 1. The third kappa shape index (κ3) is 3.77. The molecule has 0 radical (unpaired) electrons. The summed E-state index contributed by atoms with van der Waals surface area (Å²) in [5.41, 5.74) is 0.203. The van der Waals surface area contributed by atoms with Gasteiger partial charge in [0.05, 0.1) is 4.92 Å². The number of hydrogen-bond acceptors (Lipinski definition) is 4. The third-order valence-corrected chi connectivity index (χ3v) is 4.06. The minimum Gasteiger partial charge on any atom is -0.351 e. The largest absolute Gasteiger partial charge is 0.351 e. The average molecular weight is 329 g/mol. The molecule has 0 spiro atoms. The molecule has 1 aromatic heterocycles. The Morgan fingerprint density at radius 2 is 2.14 bits per heavy atom. The van der Waals surface area contributed by atoms with Crippen molar-refractivity contribution < 1.29 is 14.1 Å². The van der Waals surface area contributed by atoms with E-state index >= 15 is 0 Å². The molecule has 110 valence electrons. The molecule has 0 fully saturated rings. The first-order valence-corrected chi connectivity index (χ1v) is 7.14. The number of nitrogens with one attached hydrogen (secondary N) is 1. The number of benzene rings is 1. The molecule has 0 saturated carbocycles. The second kappa shape index (κ2) is 6.64. The predicted molar refractivity (Wildman–Crippen MR) is 78.4 cm³/mol. The molecule has 21 heavy (non-hydrogen) atoms. The number of nitro groups is 1. The van der Waals surface area contributed by atoms with Gasteiger partial charge in [0.25, 0.3) is 11.6 Å². The zero-order valence-corrected chi connectivity index (χ0v) is 12.2. The van der Waals surface area contributed by atoms with Crippen molar-refractivity contribution in [2.45, 2.75) is 6.42 Å². The van der Waals surface area contributed by atoms with E-state index in [0.717, 1.165) is 17.4 Å². The van der Waals surface area contributed by atoms with E-state index in [4.69, 9.17) is 11.6 Å². The fraction of sp³-hybridized carbons (Fsp3) is 0.154. The van der Waals surface area contributed by atoms with Gasteiger partial charge in [0.2, 0.25) is 0 Å². The van der Waals surface area contributed by atoms with Gasteiger partial charge >= 0.3 is 0 Å². The van der Waals surface area contributed by atoms with Crippen LogP contribution in [0.4, 0.5) is 10.1 Å². The van der Waals surface area contributed by atoms with E-state index in [9.17, 15) is 19.3 Å². The molecular weight excluding hydrogens is 319 g/mol. The van der Waals surface area contributed by atoms with Gasteiger partial charge < -0.3 is 5.32 Å². The lowest BCUT2D eigenvalue weighted by molar-refractivity contribution is -0.384. The van der Waals surface area contributed by atoms with E-state index in [2.05, 4.69) is 5.32 Å². The van der Waals surface area contributed by atoms with Crippen LogP contribution in [0.5, 0.6) is 0 Å². The van der Waals surface area contributed by atoms with Crippen molar-refractivity contribution in [2.75, 3.05) is 6.54 Å². The SMILES string of the molecule is O=C(NCCc1ccccc1F)c1cc([N+](=O)[O-])c(Cl)s1. The van der Waals surface area contributed by atoms with Gasteiger partial charge in [-0.3, -0.25) is 14.9 Å². The summed E-state index contributed by atoms with van der Waals surface area (Å²) < 4.78 is 13.3. The van der Waals surface area contributed by atoms with Gasteiger partial charge in [0.1, 0.15) is 10.7 Å². The first-order valence-electron chi connectivity index (χ1n) is 5.94. The number of carbonyl (C=O) groups is 1. The number of nitrogens with zero attached hydrogens (tertiary/aromatic N) is 1. The van der Waals surface area contributed by atoms with Crippen molar-refractivity contribution >= 4 is 34.5 Å². The molecule has 2 rings (SSSR count). The van der Waals surface area contributed by atoms with Crippen LogP contribution in [-0.4, -0.2) is 17.4 Å². The van der Waals surface area contributed by atoms with E-state index in [1.807, 2.05) is 0 Å². The molecule has 0 aliphatic carbocycles. The van der Waals surface area contributed by atoms with Crippen LogP contribution in [0.25, 0.3) is 0 Å². The Bertz CT molecular complexity index is 690. The minimum atomic E-state index is -0.644. The molecule has 1 amide bonds. The molecule has 5 nitrogen and oxygen atoms in total. The Labute approximate surface area is 128 Å². The van der Waals surface area contributed by atoms with Gasteiger partial charge in [-0.2, -0.15) is 0 Å². The molecule has 0 unspecified atom stereocenters. The van der Waals surface area contributed by atoms with Crippen LogP contribution in [0.1, 0.15) is 15.2 Å². The van der Waals surface area contributed by atoms with Crippen LogP contribution in [-0.2, 0) is 6.42 Å². The lowest BCUT2D eigenvalue weighted by atomic mass is 10.1. The van der Waals surface area contributed by atoms with E-state index < -0.39 is 10.8 Å². The third-order valence-electron chi connectivity index (χ3n) is 2.73. The van der Waals surface area contributed by atoms with E-state index in [1.54, 1.807) is 18.2 Å². The van der Waals surface area contributed by atoms with Crippen molar-refractivity contribution in [3.63, 3.8) is 0 Å².